The van der Waals surface area contributed by atoms with E-state index in [0.29, 0.717) is 18.7 Å². The Balaban J connectivity index is 1.76. The lowest BCUT2D eigenvalue weighted by atomic mass is 10.1. The number of halogens is 1. The van der Waals surface area contributed by atoms with Crippen LogP contribution in [0, 0.1) is 5.82 Å². The predicted molar refractivity (Wildman–Crippen MR) is 80.6 cm³/mol. The highest BCUT2D eigenvalue weighted by Crippen LogP contribution is 2.29. The average molecular weight is 284 g/mol. The van der Waals surface area contributed by atoms with Gasteiger partial charge in [-0.15, -0.1) is 0 Å². The number of amides is 1. The molecule has 1 unspecified atom stereocenters. The SMILES string of the molecule is NC(Cc1ccccc1)C(=O)N1CCc2ccc(F)cc21. The molecule has 0 aromatic heterocycles. The highest BCUT2D eigenvalue weighted by Gasteiger charge is 2.28. The first kappa shape index (κ1) is 13.8. The van der Waals surface area contributed by atoms with Gasteiger partial charge in [0.15, 0.2) is 0 Å². The Bertz CT molecular complexity index is 657. The van der Waals surface area contributed by atoms with Gasteiger partial charge < -0.3 is 10.6 Å². The fourth-order valence-electron chi connectivity index (χ4n) is 2.74. The maximum absolute atomic E-state index is 13.4. The van der Waals surface area contributed by atoms with E-state index in [4.69, 9.17) is 5.73 Å². The number of nitrogens with zero attached hydrogens (tertiary/aromatic N) is 1. The van der Waals surface area contributed by atoms with Crippen LogP contribution in [0.4, 0.5) is 10.1 Å². The average Bonchev–Trinajstić information content (AvgIpc) is 2.90. The van der Waals surface area contributed by atoms with Gasteiger partial charge in [-0.1, -0.05) is 36.4 Å². The lowest BCUT2D eigenvalue weighted by molar-refractivity contribution is -0.119. The van der Waals surface area contributed by atoms with Crippen molar-refractivity contribution in [1.82, 2.24) is 0 Å². The largest absolute Gasteiger partial charge is 0.320 e. The second-order valence-corrected chi connectivity index (χ2v) is 5.31. The van der Waals surface area contributed by atoms with Gasteiger partial charge in [0.1, 0.15) is 5.82 Å². The van der Waals surface area contributed by atoms with Crippen molar-refractivity contribution < 1.29 is 9.18 Å². The van der Waals surface area contributed by atoms with Crippen molar-refractivity contribution in [2.24, 2.45) is 5.73 Å². The Morgan fingerprint density at radius 3 is 2.76 bits per heavy atom. The molecule has 2 aromatic carbocycles. The summed E-state index contributed by atoms with van der Waals surface area (Å²) in [5.74, 6) is -0.478. The van der Waals surface area contributed by atoms with Gasteiger partial charge in [0.2, 0.25) is 5.91 Å². The third kappa shape index (κ3) is 2.81. The minimum Gasteiger partial charge on any atom is -0.320 e. The second-order valence-electron chi connectivity index (χ2n) is 5.31. The summed E-state index contributed by atoms with van der Waals surface area (Å²) >= 11 is 0. The van der Waals surface area contributed by atoms with Crippen LogP contribution < -0.4 is 10.6 Å². The van der Waals surface area contributed by atoms with E-state index in [1.165, 1.54) is 12.1 Å². The fourth-order valence-corrected chi connectivity index (χ4v) is 2.74. The topological polar surface area (TPSA) is 46.3 Å². The molecule has 21 heavy (non-hydrogen) atoms. The van der Waals surface area contributed by atoms with Gasteiger partial charge >= 0.3 is 0 Å². The first-order valence-electron chi connectivity index (χ1n) is 7.04. The molecule has 108 valence electrons. The number of carbonyl (C=O) groups excluding carboxylic acids is 1. The summed E-state index contributed by atoms with van der Waals surface area (Å²) in [6, 6.07) is 13.6. The number of nitrogens with two attached hydrogens (primary N) is 1. The second kappa shape index (κ2) is 5.66. The fraction of sp³-hybridized carbons (Fsp3) is 0.235. The molecular weight excluding hydrogens is 267 g/mol. The molecule has 0 radical (unpaired) electrons. The van der Waals surface area contributed by atoms with E-state index in [2.05, 4.69) is 0 Å². The number of fused-ring (bicyclic) bond motifs is 1. The van der Waals surface area contributed by atoms with Crippen molar-refractivity contribution >= 4 is 11.6 Å². The summed E-state index contributed by atoms with van der Waals surface area (Å²) in [4.78, 5) is 14.1. The van der Waals surface area contributed by atoms with Crippen molar-refractivity contribution in [3.63, 3.8) is 0 Å². The quantitative estimate of drug-likeness (QED) is 0.940. The van der Waals surface area contributed by atoms with E-state index in [1.807, 2.05) is 30.3 Å². The molecule has 3 rings (SSSR count). The molecule has 0 aliphatic carbocycles. The summed E-state index contributed by atoms with van der Waals surface area (Å²) in [5.41, 5.74) is 8.72. The molecule has 1 aliphatic heterocycles. The van der Waals surface area contributed by atoms with Crippen LogP contribution in [-0.2, 0) is 17.6 Å². The minimum atomic E-state index is -0.610. The van der Waals surface area contributed by atoms with Crippen LogP contribution in [-0.4, -0.2) is 18.5 Å². The highest BCUT2D eigenvalue weighted by molar-refractivity contribution is 5.99. The summed E-state index contributed by atoms with van der Waals surface area (Å²) in [7, 11) is 0. The van der Waals surface area contributed by atoms with Gasteiger partial charge in [-0.25, -0.2) is 4.39 Å². The number of rotatable bonds is 3. The Hall–Kier alpha value is -2.20. The minimum absolute atomic E-state index is 0.150. The van der Waals surface area contributed by atoms with Crippen LogP contribution in [0.1, 0.15) is 11.1 Å². The number of carbonyl (C=O) groups is 1. The van der Waals surface area contributed by atoms with Crippen LogP contribution in [0.2, 0.25) is 0 Å². The summed E-state index contributed by atoms with van der Waals surface area (Å²) in [6.07, 6.45) is 1.24. The Kier molecular flexibility index (Phi) is 3.71. The summed E-state index contributed by atoms with van der Waals surface area (Å²) in [6.45, 7) is 0.570. The lowest BCUT2D eigenvalue weighted by Gasteiger charge is -2.21. The van der Waals surface area contributed by atoms with Crippen LogP contribution in [0.3, 0.4) is 0 Å². The highest BCUT2D eigenvalue weighted by atomic mass is 19.1. The molecule has 2 N–H and O–H groups in total. The molecule has 0 bridgehead atoms. The maximum Gasteiger partial charge on any atom is 0.244 e. The number of benzene rings is 2. The smallest absolute Gasteiger partial charge is 0.244 e. The Morgan fingerprint density at radius 1 is 1.24 bits per heavy atom. The van der Waals surface area contributed by atoms with Gasteiger partial charge in [-0.2, -0.15) is 0 Å². The summed E-state index contributed by atoms with van der Waals surface area (Å²) in [5, 5.41) is 0. The molecule has 0 spiro atoms. The molecule has 0 fully saturated rings. The third-order valence-corrected chi connectivity index (χ3v) is 3.82. The zero-order valence-electron chi connectivity index (χ0n) is 11.6. The van der Waals surface area contributed by atoms with Gasteiger partial charge in [0.25, 0.3) is 0 Å². The van der Waals surface area contributed by atoms with Crippen LogP contribution in [0.15, 0.2) is 48.5 Å². The molecule has 1 aliphatic rings. The molecule has 0 saturated heterocycles. The van der Waals surface area contributed by atoms with Crippen molar-refractivity contribution in [1.29, 1.82) is 0 Å². The van der Waals surface area contributed by atoms with E-state index < -0.39 is 6.04 Å². The molecule has 2 aromatic rings. The number of hydrogen-bond donors (Lipinski definition) is 1. The maximum atomic E-state index is 13.4. The first-order valence-corrected chi connectivity index (χ1v) is 7.04. The number of anilines is 1. The van der Waals surface area contributed by atoms with E-state index in [0.717, 1.165) is 17.5 Å². The molecule has 1 atom stereocenters. The van der Waals surface area contributed by atoms with Crippen LogP contribution >= 0.6 is 0 Å². The van der Waals surface area contributed by atoms with Gasteiger partial charge in [-0.3, -0.25) is 4.79 Å². The molecule has 4 heteroatoms. The van der Waals surface area contributed by atoms with E-state index in [9.17, 15) is 9.18 Å². The van der Waals surface area contributed by atoms with Crippen molar-refractivity contribution in [2.75, 3.05) is 11.4 Å². The van der Waals surface area contributed by atoms with E-state index in [-0.39, 0.29) is 11.7 Å². The first-order chi connectivity index (χ1) is 10.1. The monoisotopic (exact) mass is 284 g/mol. The van der Waals surface area contributed by atoms with Crippen LogP contribution in [0.5, 0.6) is 0 Å². The third-order valence-electron chi connectivity index (χ3n) is 3.82. The normalized spacial score (nSPS) is 14.9. The van der Waals surface area contributed by atoms with Gasteiger partial charge in [0, 0.05) is 12.2 Å². The molecule has 1 heterocycles. The zero-order chi connectivity index (χ0) is 14.8. The number of hydrogen-bond acceptors (Lipinski definition) is 2. The standard InChI is InChI=1S/C17H17FN2O/c18-14-7-6-13-8-9-20(16(13)11-14)17(21)15(19)10-12-4-2-1-3-5-12/h1-7,11,15H,8-10,19H2. The molecule has 1 amide bonds. The summed E-state index contributed by atoms with van der Waals surface area (Å²) < 4.78 is 13.4. The van der Waals surface area contributed by atoms with E-state index in [1.54, 1.807) is 11.0 Å². The lowest BCUT2D eigenvalue weighted by Crippen LogP contribution is -2.44. The molecular formula is C17H17FN2O. The van der Waals surface area contributed by atoms with Gasteiger partial charge in [-0.05, 0) is 36.1 Å². The Morgan fingerprint density at radius 2 is 2.00 bits per heavy atom. The van der Waals surface area contributed by atoms with Crippen LogP contribution in [0.25, 0.3) is 0 Å². The van der Waals surface area contributed by atoms with Gasteiger partial charge in [0.05, 0.1) is 6.04 Å². The molecule has 0 saturated carbocycles. The predicted octanol–water partition coefficient (Wildman–Crippen LogP) is 2.28. The van der Waals surface area contributed by atoms with Crippen molar-refractivity contribution in [2.45, 2.75) is 18.9 Å². The molecule has 3 nitrogen and oxygen atoms in total. The van der Waals surface area contributed by atoms with Crippen molar-refractivity contribution in [3.8, 4) is 0 Å². The Labute approximate surface area is 123 Å². The zero-order valence-corrected chi connectivity index (χ0v) is 11.6. The van der Waals surface area contributed by atoms with E-state index >= 15 is 0 Å². The van der Waals surface area contributed by atoms with Crippen molar-refractivity contribution in [3.05, 3.63) is 65.5 Å².